The fourth-order valence-corrected chi connectivity index (χ4v) is 1.57. The zero-order valence-electron chi connectivity index (χ0n) is 9.33. The van der Waals surface area contributed by atoms with Gasteiger partial charge in [0.25, 0.3) is 5.91 Å². The minimum atomic E-state index is -0.163. The first kappa shape index (κ1) is 11.7. The van der Waals surface area contributed by atoms with Gasteiger partial charge in [0.15, 0.2) is 0 Å². The maximum absolute atomic E-state index is 11.9. The van der Waals surface area contributed by atoms with Gasteiger partial charge in [-0.1, -0.05) is 23.7 Å². The fourth-order valence-electron chi connectivity index (χ4n) is 1.45. The van der Waals surface area contributed by atoms with Crippen LogP contribution in [-0.2, 0) is 0 Å². The molecule has 17 heavy (non-hydrogen) atoms. The maximum Gasteiger partial charge on any atom is 0.255 e. The smallest absolute Gasteiger partial charge is 0.255 e. The topological polar surface area (TPSA) is 29.1 Å². The number of anilines is 1. The first-order chi connectivity index (χ1) is 8.15. The Hall–Kier alpha value is -1.80. The van der Waals surface area contributed by atoms with Gasteiger partial charge in [0.05, 0.1) is 0 Å². The average Bonchev–Trinajstić information content (AvgIpc) is 2.29. The molecule has 0 aromatic heterocycles. The van der Waals surface area contributed by atoms with Crippen LogP contribution in [0.2, 0.25) is 5.02 Å². The second-order valence-corrected chi connectivity index (χ2v) is 4.18. The zero-order valence-corrected chi connectivity index (χ0v) is 10.1. The monoisotopic (exact) mass is 244 g/mol. The van der Waals surface area contributed by atoms with Crippen molar-refractivity contribution in [2.45, 2.75) is 6.92 Å². The maximum atomic E-state index is 11.9. The van der Waals surface area contributed by atoms with E-state index in [4.69, 9.17) is 11.6 Å². The summed E-state index contributed by atoms with van der Waals surface area (Å²) in [4.78, 5) is 11.9. The molecule has 0 spiro atoms. The summed E-state index contributed by atoms with van der Waals surface area (Å²) in [6.45, 7) is 1.96. The first-order valence-corrected chi connectivity index (χ1v) is 5.58. The molecule has 0 unspecified atom stereocenters. The van der Waals surface area contributed by atoms with Gasteiger partial charge in [0.2, 0.25) is 0 Å². The lowest BCUT2D eigenvalue weighted by Crippen LogP contribution is -2.11. The third-order valence-electron chi connectivity index (χ3n) is 2.31. The standard InChI is InChI=1S/C14H11ClNO/c1-10-3-2-4-13(9-10)16-14(17)11-5-7-12(15)8-6-11/h2-3,5-9H,1H3,(H,16,17). The van der Waals surface area contributed by atoms with Crippen LogP contribution in [0.25, 0.3) is 0 Å². The van der Waals surface area contributed by atoms with E-state index in [9.17, 15) is 4.79 Å². The van der Waals surface area contributed by atoms with Crippen LogP contribution in [0.15, 0.2) is 42.5 Å². The first-order valence-electron chi connectivity index (χ1n) is 5.20. The SMILES string of the molecule is Cc1cc[c]c(NC(=O)c2ccc(Cl)cc2)c1. The largest absolute Gasteiger partial charge is 0.321 e. The van der Waals surface area contributed by atoms with Crippen LogP contribution in [0, 0.1) is 13.0 Å². The molecule has 0 heterocycles. The zero-order chi connectivity index (χ0) is 12.3. The fraction of sp³-hybridized carbons (Fsp3) is 0.0714. The summed E-state index contributed by atoms with van der Waals surface area (Å²) in [6.07, 6.45) is 0. The highest BCUT2D eigenvalue weighted by molar-refractivity contribution is 6.30. The molecule has 2 aromatic carbocycles. The summed E-state index contributed by atoms with van der Waals surface area (Å²) < 4.78 is 0. The minimum Gasteiger partial charge on any atom is -0.321 e. The van der Waals surface area contributed by atoms with E-state index in [0.29, 0.717) is 16.3 Å². The van der Waals surface area contributed by atoms with Crippen molar-refractivity contribution in [1.82, 2.24) is 0 Å². The number of hydrogen-bond donors (Lipinski definition) is 1. The van der Waals surface area contributed by atoms with Crippen LogP contribution in [0.1, 0.15) is 15.9 Å². The lowest BCUT2D eigenvalue weighted by atomic mass is 10.2. The molecule has 2 aromatic rings. The molecule has 0 aliphatic rings. The van der Waals surface area contributed by atoms with Crippen molar-refractivity contribution in [2.75, 3.05) is 5.32 Å². The number of rotatable bonds is 2. The number of benzene rings is 2. The van der Waals surface area contributed by atoms with Gasteiger partial charge in [0, 0.05) is 22.3 Å². The Balaban J connectivity index is 2.14. The van der Waals surface area contributed by atoms with Gasteiger partial charge >= 0.3 is 0 Å². The molecule has 2 rings (SSSR count). The van der Waals surface area contributed by atoms with Crippen molar-refractivity contribution in [3.05, 3.63) is 64.7 Å². The van der Waals surface area contributed by atoms with Crippen LogP contribution < -0.4 is 5.32 Å². The summed E-state index contributed by atoms with van der Waals surface area (Å²) in [5.41, 5.74) is 2.32. The number of amides is 1. The quantitative estimate of drug-likeness (QED) is 0.858. The van der Waals surface area contributed by atoms with Crippen molar-refractivity contribution in [3.63, 3.8) is 0 Å². The predicted octanol–water partition coefficient (Wildman–Crippen LogP) is 3.70. The van der Waals surface area contributed by atoms with E-state index in [1.807, 2.05) is 19.1 Å². The Labute approximate surface area is 105 Å². The Bertz CT molecular complexity index is 534. The molecule has 0 saturated carbocycles. The molecule has 1 radical (unpaired) electrons. The van der Waals surface area contributed by atoms with E-state index in [2.05, 4.69) is 11.4 Å². The Morgan fingerprint density at radius 2 is 1.94 bits per heavy atom. The van der Waals surface area contributed by atoms with E-state index in [1.165, 1.54) is 0 Å². The number of nitrogens with one attached hydrogen (secondary N) is 1. The van der Waals surface area contributed by atoms with Crippen LogP contribution in [0.5, 0.6) is 0 Å². The van der Waals surface area contributed by atoms with Crippen molar-refractivity contribution < 1.29 is 4.79 Å². The van der Waals surface area contributed by atoms with E-state index in [1.54, 1.807) is 30.3 Å². The number of carbonyl (C=O) groups excluding carboxylic acids is 1. The second-order valence-electron chi connectivity index (χ2n) is 3.74. The van der Waals surface area contributed by atoms with Crippen molar-refractivity contribution >= 4 is 23.2 Å². The highest BCUT2D eigenvalue weighted by Crippen LogP contribution is 2.13. The summed E-state index contributed by atoms with van der Waals surface area (Å²) in [5.74, 6) is -0.163. The predicted molar refractivity (Wildman–Crippen MR) is 69.4 cm³/mol. The summed E-state index contributed by atoms with van der Waals surface area (Å²) >= 11 is 5.76. The van der Waals surface area contributed by atoms with Crippen LogP contribution in [0.4, 0.5) is 5.69 Å². The molecule has 0 atom stereocenters. The molecule has 85 valence electrons. The third-order valence-corrected chi connectivity index (χ3v) is 2.56. The highest BCUT2D eigenvalue weighted by Gasteiger charge is 2.05. The molecular weight excluding hydrogens is 234 g/mol. The summed E-state index contributed by atoms with van der Waals surface area (Å²) in [6, 6.07) is 15.3. The van der Waals surface area contributed by atoms with Crippen molar-refractivity contribution in [2.24, 2.45) is 0 Å². The molecule has 0 saturated heterocycles. The number of hydrogen-bond acceptors (Lipinski definition) is 1. The van der Waals surface area contributed by atoms with E-state index in [-0.39, 0.29) is 5.91 Å². The number of carbonyl (C=O) groups is 1. The van der Waals surface area contributed by atoms with E-state index >= 15 is 0 Å². The number of halogens is 1. The lowest BCUT2D eigenvalue weighted by Gasteiger charge is -2.05. The molecule has 2 nitrogen and oxygen atoms in total. The van der Waals surface area contributed by atoms with Gasteiger partial charge < -0.3 is 5.32 Å². The molecule has 0 aliphatic heterocycles. The molecule has 0 fully saturated rings. The van der Waals surface area contributed by atoms with Gasteiger partial charge in [-0.3, -0.25) is 4.79 Å². The highest BCUT2D eigenvalue weighted by atomic mass is 35.5. The second kappa shape index (κ2) is 5.02. The molecule has 0 aliphatic carbocycles. The number of aryl methyl sites for hydroxylation is 1. The molecule has 3 heteroatoms. The van der Waals surface area contributed by atoms with Crippen LogP contribution in [0.3, 0.4) is 0 Å². The molecular formula is C14H11ClNO. The Kier molecular flexibility index (Phi) is 3.45. The third kappa shape index (κ3) is 3.08. The van der Waals surface area contributed by atoms with Gasteiger partial charge in [-0.05, 0) is 42.8 Å². The summed E-state index contributed by atoms with van der Waals surface area (Å²) in [7, 11) is 0. The minimum absolute atomic E-state index is 0.163. The van der Waals surface area contributed by atoms with Gasteiger partial charge in [-0.15, -0.1) is 0 Å². The van der Waals surface area contributed by atoms with Crippen LogP contribution in [-0.4, -0.2) is 5.91 Å². The normalized spacial score (nSPS) is 10.0. The average molecular weight is 245 g/mol. The Morgan fingerprint density at radius 3 is 2.59 bits per heavy atom. The van der Waals surface area contributed by atoms with Gasteiger partial charge in [0.1, 0.15) is 0 Å². The molecule has 0 bridgehead atoms. The van der Waals surface area contributed by atoms with Gasteiger partial charge in [-0.2, -0.15) is 0 Å². The van der Waals surface area contributed by atoms with Crippen LogP contribution >= 0.6 is 11.6 Å². The summed E-state index contributed by atoms with van der Waals surface area (Å²) in [5, 5.41) is 3.40. The lowest BCUT2D eigenvalue weighted by molar-refractivity contribution is 0.102. The Morgan fingerprint density at radius 1 is 1.24 bits per heavy atom. The van der Waals surface area contributed by atoms with E-state index in [0.717, 1.165) is 5.56 Å². The van der Waals surface area contributed by atoms with E-state index < -0.39 is 0 Å². The molecule has 1 amide bonds. The van der Waals surface area contributed by atoms with Crippen molar-refractivity contribution in [3.8, 4) is 0 Å². The molecule has 1 N–H and O–H groups in total. The van der Waals surface area contributed by atoms with Crippen molar-refractivity contribution in [1.29, 1.82) is 0 Å². The van der Waals surface area contributed by atoms with Gasteiger partial charge in [-0.25, -0.2) is 0 Å².